The van der Waals surface area contributed by atoms with E-state index in [1.807, 2.05) is 0 Å². The Morgan fingerprint density at radius 3 is 2.17 bits per heavy atom. The lowest BCUT2D eigenvalue weighted by atomic mass is 10.1. The lowest BCUT2D eigenvalue weighted by Gasteiger charge is -2.23. The van der Waals surface area contributed by atoms with E-state index in [-0.39, 0.29) is 18.3 Å². The summed E-state index contributed by atoms with van der Waals surface area (Å²) in [6.45, 7) is 0.141. The highest BCUT2D eigenvalue weighted by Crippen LogP contribution is 2.26. The number of halogens is 2. The van der Waals surface area contributed by atoms with Crippen molar-refractivity contribution in [3.8, 4) is 0 Å². The van der Waals surface area contributed by atoms with Crippen LogP contribution in [0.25, 0.3) is 0 Å². The topological polar surface area (TPSA) is 86.7 Å². The number of aromatic nitrogens is 2. The summed E-state index contributed by atoms with van der Waals surface area (Å²) in [6.07, 6.45) is 1.05. The van der Waals surface area contributed by atoms with Crippen molar-refractivity contribution in [2.75, 3.05) is 38.0 Å². The third-order valence-electron chi connectivity index (χ3n) is 5.12. The first kappa shape index (κ1) is 26.1. The van der Waals surface area contributed by atoms with Crippen molar-refractivity contribution >= 4 is 52.3 Å². The molecule has 0 unspecified atom stereocenters. The van der Waals surface area contributed by atoms with Crippen LogP contribution in [-0.4, -0.2) is 60.7 Å². The third kappa shape index (κ3) is 6.55. The van der Waals surface area contributed by atoms with Gasteiger partial charge in [0.15, 0.2) is 5.82 Å². The van der Waals surface area contributed by atoms with Crippen LogP contribution in [0.4, 0.5) is 11.5 Å². The Balaban J connectivity index is 1.90. The molecule has 0 atom stereocenters. The van der Waals surface area contributed by atoms with Gasteiger partial charge in [0.1, 0.15) is 5.82 Å². The van der Waals surface area contributed by atoms with E-state index in [1.54, 1.807) is 81.6 Å². The minimum absolute atomic E-state index is 0.0361. The van der Waals surface area contributed by atoms with E-state index >= 15 is 0 Å². The van der Waals surface area contributed by atoms with Gasteiger partial charge in [-0.2, -0.15) is 0 Å². The highest BCUT2D eigenvalue weighted by atomic mass is 35.5. The summed E-state index contributed by atoms with van der Waals surface area (Å²) in [5.74, 6) is -0.591. The Labute approximate surface area is 214 Å². The van der Waals surface area contributed by atoms with E-state index in [0.717, 1.165) is 5.56 Å². The standard InChI is InChI=1S/C25H25Cl2N5O3/c1-30(2)22-11-12-28-24(29-22)21(33)14-23(34)32(15-16-5-10-19(26)20(27)13-16)18-8-6-17(7-9-18)25(35)31(3)4/h5-13H,14-15H2,1-4H3. The molecule has 10 heteroatoms. The molecule has 1 heterocycles. The molecular weight excluding hydrogens is 489 g/mol. The summed E-state index contributed by atoms with van der Waals surface area (Å²) in [5.41, 5.74) is 1.72. The van der Waals surface area contributed by atoms with Crippen LogP contribution >= 0.6 is 23.2 Å². The molecule has 2 aromatic carbocycles. The predicted molar refractivity (Wildman–Crippen MR) is 137 cm³/mol. The van der Waals surface area contributed by atoms with Gasteiger partial charge in [0, 0.05) is 45.6 Å². The van der Waals surface area contributed by atoms with E-state index < -0.39 is 18.1 Å². The molecule has 3 aromatic rings. The smallest absolute Gasteiger partial charge is 0.253 e. The molecule has 1 aromatic heterocycles. The average Bonchev–Trinajstić information content (AvgIpc) is 2.84. The monoisotopic (exact) mass is 513 g/mol. The molecule has 0 aliphatic rings. The quantitative estimate of drug-likeness (QED) is 0.328. The van der Waals surface area contributed by atoms with Crippen molar-refractivity contribution in [2.24, 2.45) is 0 Å². The number of benzene rings is 2. The van der Waals surface area contributed by atoms with E-state index in [2.05, 4.69) is 9.97 Å². The fourth-order valence-electron chi connectivity index (χ4n) is 3.23. The van der Waals surface area contributed by atoms with Crippen molar-refractivity contribution in [1.29, 1.82) is 0 Å². The fourth-order valence-corrected chi connectivity index (χ4v) is 3.55. The number of hydrogen-bond donors (Lipinski definition) is 0. The zero-order chi connectivity index (χ0) is 25.7. The first-order valence-corrected chi connectivity index (χ1v) is 11.4. The lowest BCUT2D eigenvalue weighted by molar-refractivity contribution is -0.117. The van der Waals surface area contributed by atoms with Crippen LogP contribution in [0.5, 0.6) is 0 Å². The normalized spacial score (nSPS) is 10.6. The summed E-state index contributed by atoms with van der Waals surface area (Å²) >= 11 is 12.2. The number of Topliss-reactive ketones (excluding diaryl/α,β-unsaturated/α-hetero) is 1. The molecule has 3 rings (SSSR count). The molecule has 0 saturated carbocycles. The minimum Gasteiger partial charge on any atom is -0.363 e. The molecule has 0 spiro atoms. The van der Waals surface area contributed by atoms with Gasteiger partial charge in [0.2, 0.25) is 11.7 Å². The number of carbonyl (C=O) groups excluding carboxylic acids is 3. The number of ketones is 1. The first-order chi connectivity index (χ1) is 16.6. The maximum absolute atomic E-state index is 13.3. The molecule has 0 aliphatic carbocycles. The van der Waals surface area contributed by atoms with Gasteiger partial charge >= 0.3 is 0 Å². The third-order valence-corrected chi connectivity index (χ3v) is 5.86. The minimum atomic E-state index is -0.503. The maximum Gasteiger partial charge on any atom is 0.253 e. The largest absolute Gasteiger partial charge is 0.363 e. The van der Waals surface area contributed by atoms with Crippen molar-refractivity contribution in [1.82, 2.24) is 14.9 Å². The number of nitrogens with zero attached hydrogens (tertiary/aromatic N) is 5. The number of amides is 2. The first-order valence-electron chi connectivity index (χ1n) is 10.7. The zero-order valence-electron chi connectivity index (χ0n) is 19.8. The zero-order valence-corrected chi connectivity index (χ0v) is 21.3. The molecule has 0 bridgehead atoms. The van der Waals surface area contributed by atoms with Gasteiger partial charge in [0.05, 0.1) is 23.0 Å². The second kappa shape index (κ2) is 11.3. The van der Waals surface area contributed by atoms with Crippen molar-refractivity contribution < 1.29 is 14.4 Å². The predicted octanol–water partition coefficient (Wildman–Crippen LogP) is 4.36. The average molecular weight is 514 g/mol. The molecule has 0 saturated heterocycles. The number of carbonyl (C=O) groups is 3. The molecule has 0 radical (unpaired) electrons. The molecule has 182 valence electrons. The molecule has 2 amide bonds. The molecule has 0 fully saturated rings. The van der Waals surface area contributed by atoms with Gasteiger partial charge in [-0.05, 0) is 48.0 Å². The van der Waals surface area contributed by atoms with E-state index in [0.29, 0.717) is 27.1 Å². The number of hydrogen-bond acceptors (Lipinski definition) is 6. The Bertz CT molecular complexity index is 1250. The summed E-state index contributed by atoms with van der Waals surface area (Å²) in [5, 5.41) is 0.751. The fraction of sp³-hybridized carbons (Fsp3) is 0.240. The van der Waals surface area contributed by atoms with Crippen molar-refractivity contribution in [2.45, 2.75) is 13.0 Å². The van der Waals surface area contributed by atoms with Crippen LogP contribution in [0, 0.1) is 0 Å². The highest BCUT2D eigenvalue weighted by Gasteiger charge is 2.23. The summed E-state index contributed by atoms with van der Waals surface area (Å²) in [7, 11) is 6.92. The SMILES string of the molecule is CN(C)C(=O)c1ccc(N(Cc2ccc(Cl)c(Cl)c2)C(=O)CC(=O)c2nccc(N(C)C)n2)cc1. The van der Waals surface area contributed by atoms with Crippen molar-refractivity contribution in [3.63, 3.8) is 0 Å². The van der Waals surface area contributed by atoms with Gasteiger partial charge < -0.3 is 14.7 Å². The maximum atomic E-state index is 13.3. The van der Waals surface area contributed by atoms with Gasteiger partial charge in [-0.15, -0.1) is 0 Å². The lowest BCUT2D eigenvalue weighted by Crippen LogP contribution is -2.32. The summed E-state index contributed by atoms with van der Waals surface area (Å²) in [4.78, 5) is 51.4. The van der Waals surface area contributed by atoms with Gasteiger partial charge in [-0.1, -0.05) is 29.3 Å². The summed E-state index contributed by atoms with van der Waals surface area (Å²) < 4.78 is 0. The van der Waals surface area contributed by atoms with Crippen LogP contribution in [-0.2, 0) is 11.3 Å². The van der Waals surface area contributed by atoms with Crippen LogP contribution in [0.3, 0.4) is 0 Å². The van der Waals surface area contributed by atoms with Crippen LogP contribution in [0.15, 0.2) is 54.7 Å². The Kier molecular flexibility index (Phi) is 8.43. The van der Waals surface area contributed by atoms with E-state index in [1.165, 1.54) is 16.0 Å². The Morgan fingerprint density at radius 1 is 0.886 bits per heavy atom. The highest BCUT2D eigenvalue weighted by molar-refractivity contribution is 6.42. The Hall–Kier alpha value is -3.49. The molecule has 0 aliphatic heterocycles. The van der Waals surface area contributed by atoms with Crippen LogP contribution in [0.1, 0.15) is 33.0 Å². The van der Waals surface area contributed by atoms with Gasteiger partial charge in [-0.3, -0.25) is 14.4 Å². The second-order valence-corrected chi connectivity index (χ2v) is 9.02. The molecule has 35 heavy (non-hydrogen) atoms. The number of rotatable bonds is 8. The van der Waals surface area contributed by atoms with E-state index in [9.17, 15) is 14.4 Å². The molecular formula is C25H25Cl2N5O3. The van der Waals surface area contributed by atoms with Crippen molar-refractivity contribution in [3.05, 3.63) is 81.7 Å². The van der Waals surface area contributed by atoms with Gasteiger partial charge in [-0.25, -0.2) is 9.97 Å². The molecule has 8 nitrogen and oxygen atoms in total. The van der Waals surface area contributed by atoms with Crippen LogP contribution in [0.2, 0.25) is 10.0 Å². The number of anilines is 2. The van der Waals surface area contributed by atoms with Gasteiger partial charge in [0.25, 0.3) is 5.91 Å². The molecule has 0 N–H and O–H groups in total. The second-order valence-electron chi connectivity index (χ2n) is 8.21. The van der Waals surface area contributed by atoms with E-state index in [4.69, 9.17) is 23.2 Å². The van der Waals surface area contributed by atoms with Crippen LogP contribution < -0.4 is 9.80 Å². The Morgan fingerprint density at radius 2 is 1.57 bits per heavy atom. The summed E-state index contributed by atoms with van der Waals surface area (Å²) in [6, 6.07) is 13.3.